The zero-order chi connectivity index (χ0) is 19.1. The molecule has 0 amide bonds. The molecular formula is C22H26NO4+. The van der Waals surface area contributed by atoms with E-state index in [1.54, 1.807) is 28.4 Å². The lowest BCUT2D eigenvalue weighted by Gasteiger charge is -2.34. The highest BCUT2D eigenvalue weighted by atomic mass is 16.5. The molecule has 0 radical (unpaired) electrons. The highest BCUT2D eigenvalue weighted by Gasteiger charge is 2.36. The predicted molar refractivity (Wildman–Crippen MR) is 105 cm³/mol. The number of rotatable bonds is 4. The van der Waals surface area contributed by atoms with Gasteiger partial charge < -0.3 is 18.9 Å². The summed E-state index contributed by atoms with van der Waals surface area (Å²) in [5, 5.41) is 0. The Morgan fingerprint density at radius 3 is 2.19 bits per heavy atom. The minimum atomic E-state index is 0.774. The van der Waals surface area contributed by atoms with Crippen molar-refractivity contribution in [2.45, 2.75) is 19.9 Å². The van der Waals surface area contributed by atoms with Gasteiger partial charge in [0.15, 0.2) is 23.0 Å². The third kappa shape index (κ3) is 2.65. The Hall–Kier alpha value is -2.66. The summed E-state index contributed by atoms with van der Waals surface area (Å²) in [5.74, 6) is 3.20. The SMILES string of the molecule is COc1cc2c(cc1OC)C1=C(C)c3ccc(OC)c(OC)c3C[NH+]1CC2. The van der Waals surface area contributed by atoms with Crippen LogP contribution in [0.25, 0.3) is 11.3 Å². The van der Waals surface area contributed by atoms with Crippen LogP contribution >= 0.6 is 0 Å². The predicted octanol–water partition coefficient (Wildman–Crippen LogP) is 2.56. The largest absolute Gasteiger partial charge is 0.493 e. The molecule has 0 saturated carbocycles. The average Bonchev–Trinajstić information content (AvgIpc) is 2.71. The molecule has 5 heteroatoms. The lowest BCUT2D eigenvalue weighted by molar-refractivity contribution is -0.842. The van der Waals surface area contributed by atoms with E-state index in [0.29, 0.717) is 0 Å². The number of methoxy groups -OCH3 is 4. The van der Waals surface area contributed by atoms with Gasteiger partial charge in [0.25, 0.3) is 0 Å². The quantitative estimate of drug-likeness (QED) is 0.901. The standard InChI is InChI=1S/C22H25NO4/c1-13-15-6-7-18(24-2)22(27-5)17(15)12-23-9-8-14-10-19(25-3)20(26-4)11-16(14)21(13)23/h6-7,10-11H,8-9,12H2,1-5H3/p+1. The Balaban J connectivity index is 1.93. The second-order valence-corrected chi connectivity index (χ2v) is 6.97. The smallest absolute Gasteiger partial charge is 0.170 e. The number of ether oxygens (including phenoxy) is 4. The van der Waals surface area contributed by atoms with E-state index in [4.69, 9.17) is 18.9 Å². The van der Waals surface area contributed by atoms with Crippen molar-refractivity contribution < 1.29 is 23.8 Å². The van der Waals surface area contributed by atoms with Crippen LogP contribution in [-0.2, 0) is 13.0 Å². The summed E-state index contributed by atoms with van der Waals surface area (Å²) < 4.78 is 22.3. The Bertz CT molecular complexity index is 932. The van der Waals surface area contributed by atoms with Crippen molar-refractivity contribution in [1.82, 2.24) is 0 Å². The molecule has 1 N–H and O–H groups in total. The van der Waals surface area contributed by atoms with Gasteiger partial charge in [-0.15, -0.1) is 0 Å². The molecule has 2 aliphatic rings. The van der Waals surface area contributed by atoms with E-state index in [1.165, 1.54) is 38.4 Å². The van der Waals surface area contributed by atoms with E-state index >= 15 is 0 Å². The summed E-state index contributed by atoms with van der Waals surface area (Å²) in [6.07, 6.45) is 1.00. The molecule has 4 rings (SSSR count). The highest BCUT2D eigenvalue weighted by Crippen LogP contribution is 2.42. The van der Waals surface area contributed by atoms with E-state index in [-0.39, 0.29) is 0 Å². The van der Waals surface area contributed by atoms with Crippen molar-refractivity contribution >= 4 is 11.3 Å². The molecule has 0 fully saturated rings. The summed E-state index contributed by atoms with van der Waals surface area (Å²) in [5.41, 5.74) is 7.64. The second-order valence-electron chi connectivity index (χ2n) is 6.97. The topological polar surface area (TPSA) is 41.4 Å². The van der Waals surface area contributed by atoms with E-state index in [0.717, 1.165) is 42.5 Å². The number of hydrogen-bond acceptors (Lipinski definition) is 4. The molecule has 2 aliphatic heterocycles. The van der Waals surface area contributed by atoms with Crippen molar-refractivity contribution in [2.75, 3.05) is 35.0 Å². The van der Waals surface area contributed by atoms with Crippen LogP contribution in [-0.4, -0.2) is 35.0 Å². The van der Waals surface area contributed by atoms with Gasteiger partial charge in [-0.25, -0.2) is 0 Å². The molecule has 1 unspecified atom stereocenters. The summed E-state index contributed by atoms with van der Waals surface area (Å²) in [6, 6.07) is 8.38. The van der Waals surface area contributed by atoms with Crippen LogP contribution in [0.15, 0.2) is 24.3 Å². The fourth-order valence-electron chi connectivity index (χ4n) is 4.47. The molecule has 2 aromatic rings. The monoisotopic (exact) mass is 368 g/mol. The molecule has 1 atom stereocenters. The lowest BCUT2D eigenvalue weighted by Crippen LogP contribution is -3.09. The van der Waals surface area contributed by atoms with Crippen LogP contribution in [0, 0.1) is 0 Å². The van der Waals surface area contributed by atoms with Crippen molar-refractivity contribution in [2.24, 2.45) is 0 Å². The normalized spacial score (nSPS) is 17.6. The maximum Gasteiger partial charge on any atom is 0.170 e. The first kappa shape index (κ1) is 17.7. The lowest BCUT2D eigenvalue weighted by atomic mass is 9.86. The van der Waals surface area contributed by atoms with E-state index in [9.17, 15) is 0 Å². The number of benzene rings is 2. The molecule has 0 spiro atoms. The summed E-state index contributed by atoms with van der Waals surface area (Å²) >= 11 is 0. The van der Waals surface area contributed by atoms with E-state index in [2.05, 4.69) is 25.1 Å². The minimum absolute atomic E-state index is 0.774. The first-order chi connectivity index (χ1) is 13.1. The fraction of sp³-hybridized carbons (Fsp3) is 0.364. The van der Waals surface area contributed by atoms with Crippen LogP contribution in [0.3, 0.4) is 0 Å². The molecule has 0 bridgehead atoms. The van der Waals surface area contributed by atoms with Gasteiger partial charge >= 0.3 is 0 Å². The first-order valence-electron chi connectivity index (χ1n) is 9.18. The molecule has 0 aromatic heterocycles. The Morgan fingerprint density at radius 1 is 0.815 bits per heavy atom. The van der Waals surface area contributed by atoms with Crippen LogP contribution in [0.1, 0.15) is 29.2 Å². The molecule has 5 nitrogen and oxygen atoms in total. The summed E-state index contributed by atoms with van der Waals surface area (Å²) in [4.78, 5) is 1.45. The zero-order valence-electron chi connectivity index (χ0n) is 16.6. The number of allylic oxidation sites excluding steroid dienone is 1. The molecule has 0 saturated heterocycles. The fourth-order valence-corrected chi connectivity index (χ4v) is 4.47. The number of fused-ring (bicyclic) bond motifs is 4. The van der Waals surface area contributed by atoms with Gasteiger partial charge in [0.2, 0.25) is 0 Å². The van der Waals surface area contributed by atoms with E-state index < -0.39 is 0 Å². The average molecular weight is 368 g/mol. The van der Waals surface area contributed by atoms with Crippen molar-refractivity contribution in [1.29, 1.82) is 0 Å². The van der Waals surface area contributed by atoms with Crippen LogP contribution in [0.2, 0.25) is 0 Å². The molecule has 0 aliphatic carbocycles. The van der Waals surface area contributed by atoms with Gasteiger partial charge in [0.1, 0.15) is 12.2 Å². The first-order valence-corrected chi connectivity index (χ1v) is 9.18. The number of quaternary nitrogens is 1. The number of hydrogen-bond donors (Lipinski definition) is 1. The molecule has 142 valence electrons. The zero-order valence-corrected chi connectivity index (χ0v) is 16.6. The van der Waals surface area contributed by atoms with Crippen molar-refractivity contribution in [3.05, 3.63) is 46.5 Å². The Morgan fingerprint density at radius 2 is 1.52 bits per heavy atom. The van der Waals surface area contributed by atoms with Crippen molar-refractivity contribution in [3.8, 4) is 23.0 Å². The van der Waals surface area contributed by atoms with Gasteiger partial charge in [0.05, 0.1) is 40.5 Å². The molecule has 2 heterocycles. The van der Waals surface area contributed by atoms with Crippen LogP contribution in [0.5, 0.6) is 23.0 Å². The van der Waals surface area contributed by atoms with Crippen LogP contribution < -0.4 is 23.8 Å². The van der Waals surface area contributed by atoms with Gasteiger partial charge in [-0.05, 0) is 36.2 Å². The summed E-state index contributed by atoms with van der Waals surface area (Å²) in [7, 11) is 6.77. The Labute approximate surface area is 160 Å². The third-order valence-electron chi connectivity index (χ3n) is 5.75. The maximum absolute atomic E-state index is 5.70. The minimum Gasteiger partial charge on any atom is -0.493 e. The molecular weight excluding hydrogens is 342 g/mol. The third-order valence-corrected chi connectivity index (χ3v) is 5.75. The number of nitrogens with one attached hydrogen (secondary N) is 1. The van der Waals surface area contributed by atoms with Gasteiger partial charge in [-0.2, -0.15) is 0 Å². The highest BCUT2D eigenvalue weighted by molar-refractivity contribution is 5.90. The van der Waals surface area contributed by atoms with Gasteiger partial charge in [-0.3, -0.25) is 4.90 Å². The van der Waals surface area contributed by atoms with Crippen LogP contribution in [0.4, 0.5) is 0 Å². The van der Waals surface area contributed by atoms with E-state index in [1.807, 2.05) is 6.07 Å². The summed E-state index contributed by atoms with van der Waals surface area (Å²) in [6.45, 7) is 4.12. The second kappa shape index (κ2) is 6.82. The maximum atomic E-state index is 5.70. The van der Waals surface area contributed by atoms with Crippen molar-refractivity contribution in [3.63, 3.8) is 0 Å². The van der Waals surface area contributed by atoms with Gasteiger partial charge in [0, 0.05) is 17.6 Å². The Kier molecular flexibility index (Phi) is 4.48. The molecule has 2 aromatic carbocycles. The molecule has 27 heavy (non-hydrogen) atoms. The van der Waals surface area contributed by atoms with Gasteiger partial charge in [-0.1, -0.05) is 6.07 Å².